The molecule has 1 saturated carbocycles. The van der Waals surface area contributed by atoms with Gasteiger partial charge in [-0.05, 0) is 68.5 Å². The minimum atomic E-state index is -4.44. The van der Waals surface area contributed by atoms with Gasteiger partial charge in [0.1, 0.15) is 5.75 Å². The lowest BCUT2D eigenvalue weighted by Crippen LogP contribution is -2.36. The average Bonchev–Trinajstić information content (AvgIpc) is 2.85. The molecule has 3 aromatic rings. The van der Waals surface area contributed by atoms with Crippen LogP contribution in [0.15, 0.2) is 66.5 Å². The molecule has 2 aromatic heterocycles. The van der Waals surface area contributed by atoms with Gasteiger partial charge in [0.2, 0.25) is 5.88 Å². The normalized spacial score (nSPS) is 16.7. The van der Waals surface area contributed by atoms with Crippen LogP contribution in [0.2, 0.25) is 0 Å². The third-order valence-electron chi connectivity index (χ3n) is 6.07. The average molecular weight is 512 g/mol. The van der Waals surface area contributed by atoms with Crippen LogP contribution in [0.5, 0.6) is 11.6 Å². The summed E-state index contributed by atoms with van der Waals surface area (Å²) in [6.45, 7) is 1.69. The Labute approximate surface area is 213 Å². The van der Waals surface area contributed by atoms with Gasteiger partial charge in [0, 0.05) is 36.6 Å². The number of hydrogen-bond donors (Lipinski definition) is 2. The Morgan fingerprint density at radius 2 is 1.92 bits per heavy atom. The van der Waals surface area contributed by atoms with Gasteiger partial charge in [0.05, 0.1) is 17.2 Å². The van der Waals surface area contributed by atoms with E-state index in [1.54, 1.807) is 25.1 Å². The van der Waals surface area contributed by atoms with Crippen molar-refractivity contribution in [3.05, 3.63) is 88.9 Å². The highest BCUT2D eigenvalue weighted by Gasteiger charge is 2.30. The van der Waals surface area contributed by atoms with Crippen LogP contribution in [0.3, 0.4) is 0 Å². The van der Waals surface area contributed by atoms with Crippen molar-refractivity contribution in [3.8, 4) is 11.6 Å². The van der Waals surface area contributed by atoms with Crippen LogP contribution >= 0.6 is 0 Å². The van der Waals surface area contributed by atoms with E-state index in [9.17, 15) is 23.1 Å². The summed E-state index contributed by atoms with van der Waals surface area (Å²) < 4.78 is 43.8. The Balaban J connectivity index is 1.30. The van der Waals surface area contributed by atoms with Gasteiger partial charge in [-0.25, -0.2) is 4.98 Å². The molecule has 9 heteroatoms. The maximum atomic E-state index is 12.7. The molecule has 1 atom stereocenters. The topological polar surface area (TPSA) is 84.3 Å². The lowest BCUT2D eigenvalue weighted by molar-refractivity contribution is -0.137. The van der Waals surface area contributed by atoms with E-state index in [0.29, 0.717) is 17.7 Å². The zero-order valence-electron chi connectivity index (χ0n) is 20.3. The van der Waals surface area contributed by atoms with E-state index < -0.39 is 17.8 Å². The van der Waals surface area contributed by atoms with Crippen LogP contribution < -0.4 is 10.1 Å². The lowest BCUT2D eigenvalue weighted by Gasteiger charge is -2.25. The maximum Gasteiger partial charge on any atom is 0.417 e. The molecule has 0 spiro atoms. The number of carbonyl (C=O) groups excluding carboxylic acids is 1. The van der Waals surface area contributed by atoms with E-state index in [0.717, 1.165) is 49.2 Å². The Kier molecular flexibility index (Phi) is 8.23. The van der Waals surface area contributed by atoms with Crippen LogP contribution in [0.1, 0.15) is 59.8 Å². The fraction of sp³-hybridized carbons (Fsp3) is 0.321. The van der Waals surface area contributed by atoms with Crippen molar-refractivity contribution in [1.29, 1.82) is 0 Å². The lowest BCUT2D eigenvalue weighted by atomic mass is 9.89. The number of ether oxygens (including phenoxy) is 1. The van der Waals surface area contributed by atoms with E-state index in [1.165, 1.54) is 17.8 Å². The molecule has 1 amide bonds. The summed E-state index contributed by atoms with van der Waals surface area (Å²) in [4.78, 5) is 20.6. The number of hydrogen-bond acceptors (Lipinski definition) is 5. The van der Waals surface area contributed by atoms with Crippen molar-refractivity contribution in [2.24, 2.45) is 0 Å². The molecule has 1 aliphatic carbocycles. The molecule has 1 fully saturated rings. The second-order valence-electron chi connectivity index (χ2n) is 9.20. The molecule has 1 aliphatic rings. The summed E-state index contributed by atoms with van der Waals surface area (Å²) in [5.41, 5.74) is 2.58. The van der Waals surface area contributed by atoms with Crippen LogP contribution in [-0.2, 0) is 12.6 Å². The first-order valence-electron chi connectivity index (χ1n) is 12.1. The number of halogens is 3. The Morgan fingerprint density at radius 1 is 1.14 bits per heavy atom. The number of nitrogens with zero attached hydrogens (tertiary/aromatic N) is 2. The summed E-state index contributed by atoms with van der Waals surface area (Å²) in [5, 5.41) is 12.5. The summed E-state index contributed by atoms with van der Waals surface area (Å²) in [6.07, 6.45) is 3.19. The molecular weight excluding hydrogens is 483 g/mol. The first-order chi connectivity index (χ1) is 17.7. The first kappa shape index (κ1) is 26.3. The Morgan fingerprint density at radius 3 is 2.54 bits per heavy atom. The first-order valence-corrected chi connectivity index (χ1v) is 12.1. The molecule has 2 N–H and O–H groups in total. The second kappa shape index (κ2) is 11.6. The highest BCUT2D eigenvalue weighted by atomic mass is 19.4. The summed E-state index contributed by atoms with van der Waals surface area (Å²) in [7, 11) is 0. The number of aromatic nitrogens is 2. The number of benzene rings is 1. The molecular formula is C28H28F3N3O3. The molecule has 0 bridgehead atoms. The van der Waals surface area contributed by atoms with Gasteiger partial charge in [0.25, 0.3) is 5.91 Å². The fourth-order valence-corrected chi connectivity index (χ4v) is 4.16. The SMILES string of the molecule is CC(O)Cc1ccc(C(=O)NC2CCC(=Cc3cccc(Oc4ccc(C(F)(F)F)cn4)c3)CC2)cn1. The van der Waals surface area contributed by atoms with E-state index in [4.69, 9.17) is 4.74 Å². The quantitative estimate of drug-likeness (QED) is 0.409. The summed E-state index contributed by atoms with van der Waals surface area (Å²) in [6, 6.07) is 13.0. The summed E-state index contributed by atoms with van der Waals surface area (Å²) in [5.74, 6) is 0.410. The molecule has 1 unspecified atom stereocenters. The standard InChI is InChI=1S/C28H28F3N3O3/c1-18(35)13-24-11-7-21(16-32-24)27(36)34-23-9-5-19(6-10-23)14-20-3-2-4-25(15-20)37-26-12-8-22(17-33-26)28(29,30)31/h2-4,7-8,11-12,14-18,23,35H,5-6,9-10,13H2,1H3,(H,34,36). The number of nitrogens with one attached hydrogen (secondary N) is 1. The Hall–Kier alpha value is -3.72. The predicted molar refractivity (Wildman–Crippen MR) is 133 cm³/mol. The maximum absolute atomic E-state index is 12.7. The zero-order chi connectivity index (χ0) is 26.4. The number of allylic oxidation sites excluding steroid dienone is 1. The molecule has 6 nitrogen and oxygen atoms in total. The van der Waals surface area contributed by atoms with Crippen molar-refractivity contribution in [3.63, 3.8) is 0 Å². The van der Waals surface area contributed by atoms with Gasteiger partial charge in [0.15, 0.2) is 0 Å². The highest BCUT2D eigenvalue weighted by molar-refractivity contribution is 5.94. The number of aliphatic hydroxyl groups excluding tert-OH is 1. The smallest absolute Gasteiger partial charge is 0.417 e. The summed E-state index contributed by atoms with van der Waals surface area (Å²) >= 11 is 0. The minimum absolute atomic E-state index is 0.0715. The fourth-order valence-electron chi connectivity index (χ4n) is 4.16. The van der Waals surface area contributed by atoms with E-state index in [1.807, 2.05) is 18.2 Å². The number of rotatable bonds is 7. The monoisotopic (exact) mass is 511 g/mol. The zero-order valence-corrected chi connectivity index (χ0v) is 20.3. The van der Waals surface area contributed by atoms with Crippen molar-refractivity contribution in [2.45, 2.75) is 57.3 Å². The predicted octanol–water partition coefficient (Wildman–Crippen LogP) is 5.97. The molecule has 37 heavy (non-hydrogen) atoms. The van der Waals surface area contributed by atoms with Gasteiger partial charge in [-0.3, -0.25) is 9.78 Å². The molecule has 0 radical (unpaired) electrons. The second-order valence-corrected chi connectivity index (χ2v) is 9.20. The van der Waals surface area contributed by atoms with Crippen LogP contribution in [0.4, 0.5) is 13.2 Å². The molecule has 2 heterocycles. The largest absolute Gasteiger partial charge is 0.439 e. The number of carbonyl (C=O) groups is 1. The van der Waals surface area contributed by atoms with Crippen molar-refractivity contribution >= 4 is 12.0 Å². The van der Waals surface area contributed by atoms with E-state index in [-0.39, 0.29) is 17.8 Å². The number of alkyl halides is 3. The molecule has 0 saturated heterocycles. The van der Waals surface area contributed by atoms with Gasteiger partial charge in [-0.1, -0.05) is 23.8 Å². The van der Waals surface area contributed by atoms with Gasteiger partial charge >= 0.3 is 6.18 Å². The molecule has 194 valence electrons. The van der Waals surface area contributed by atoms with Crippen molar-refractivity contribution < 1.29 is 27.8 Å². The van der Waals surface area contributed by atoms with Crippen LogP contribution in [0, 0.1) is 0 Å². The van der Waals surface area contributed by atoms with E-state index in [2.05, 4.69) is 21.4 Å². The third-order valence-corrected chi connectivity index (χ3v) is 6.07. The van der Waals surface area contributed by atoms with Crippen molar-refractivity contribution in [1.82, 2.24) is 15.3 Å². The number of amides is 1. The van der Waals surface area contributed by atoms with E-state index >= 15 is 0 Å². The number of aliphatic hydroxyl groups is 1. The van der Waals surface area contributed by atoms with Crippen LogP contribution in [0.25, 0.3) is 6.08 Å². The van der Waals surface area contributed by atoms with Gasteiger partial charge in [-0.15, -0.1) is 0 Å². The Bertz CT molecular complexity index is 1230. The number of pyridine rings is 2. The minimum Gasteiger partial charge on any atom is -0.439 e. The highest BCUT2D eigenvalue weighted by Crippen LogP contribution is 2.31. The van der Waals surface area contributed by atoms with Crippen LogP contribution in [-0.4, -0.2) is 33.1 Å². The third kappa shape index (κ3) is 7.63. The van der Waals surface area contributed by atoms with Gasteiger partial charge in [-0.2, -0.15) is 13.2 Å². The molecule has 1 aromatic carbocycles. The molecule has 4 rings (SSSR count). The molecule has 0 aliphatic heterocycles. The van der Waals surface area contributed by atoms with Crippen molar-refractivity contribution in [2.75, 3.05) is 0 Å². The van der Waals surface area contributed by atoms with Gasteiger partial charge < -0.3 is 15.2 Å².